The third-order valence-electron chi connectivity index (χ3n) is 7.44. The molecule has 2 aliphatic heterocycles. The monoisotopic (exact) mass is 527 g/mol. The highest BCUT2D eigenvalue weighted by molar-refractivity contribution is 7.09. The van der Waals surface area contributed by atoms with Gasteiger partial charge < -0.3 is 24.4 Å². The van der Waals surface area contributed by atoms with Crippen LogP contribution in [0.3, 0.4) is 0 Å². The van der Waals surface area contributed by atoms with E-state index >= 15 is 4.39 Å². The SMILES string of the molecule is CC[C@H]1C(=O)C(C)(C)[C@@H](O)CC(=O)O[C@H](C(F)=Cc2csc(C)n2)C[C@@H]2O[C@]2(C)CCO[C@H](C)[C@H]1O. The van der Waals surface area contributed by atoms with Crippen LogP contribution in [0, 0.1) is 18.3 Å². The highest BCUT2D eigenvalue weighted by Gasteiger charge is 2.53. The Morgan fingerprint density at radius 2 is 2.00 bits per heavy atom. The van der Waals surface area contributed by atoms with E-state index in [1.807, 2.05) is 13.8 Å². The minimum Gasteiger partial charge on any atom is -0.455 e. The molecule has 0 bridgehead atoms. The second-order valence-corrected chi connectivity index (χ2v) is 11.7. The number of aliphatic hydroxyl groups is 2. The second kappa shape index (κ2) is 11.3. The molecular weight excluding hydrogens is 489 g/mol. The molecule has 0 saturated carbocycles. The van der Waals surface area contributed by atoms with Gasteiger partial charge in [0.1, 0.15) is 11.6 Å². The number of thiazole rings is 1. The topological polar surface area (TPSA) is 118 Å². The van der Waals surface area contributed by atoms with Crippen molar-refractivity contribution in [2.75, 3.05) is 6.61 Å². The molecule has 7 atom stereocenters. The zero-order valence-electron chi connectivity index (χ0n) is 21.8. The lowest BCUT2D eigenvalue weighted by Crippen LogP contribution is -2.48. The molecule has 2 aliphatic rings. The third kappa shape index (κ3) is 6.58. The molecule has 0 amide bonds. The fraction of sp³-hybridized carbons (Fsp3) is 0.731. The Labute approximate surface area is 215 Å². The van der Waals surface area contributed by atoms with Crippen LogP contribution in [-0.4, -0.2) is 69.7 Å². The number of epoxide rings is 1. The maximum atomic E-state index is 15.3. The number of cyclic esters (lactones) is 1. The number of aliphatic hydroxyl groups excluding tert-OH is 2. The van der Waals surface area contributed by atoms with E-state index in [0.717, 1.165) is 5.01 Å². The molecule has 1 aromatic heterocycles. The number of hydrogen-bond donors (Lipinski definition) is 2. The Morgan fingerprint density at radius 1 is 1.31 bits per heavy atom. The summed E-state index contributed by atoms with van der Waals surface area (Å²) in [5.74, 6) is -2.66. The average molecular weight is 528 g/mol. The van der Waals surface area contributed by atoms with Gasteiger partial charge >= 0.3 is 5.97 Å². The third-order valence-corrected chi connectivity index (χ3v) is 8.24. The van der Waals surface area contributed by atoms with Crippen molar-refractivity contribution >= 4 is 29.2 Å². The molecular formula is C26H38FNO7S. The van der Waals surface area contributed by atoms with Crippen LogP contribution < -0.4 is 0 Å². The van der Waals surface area contributed by atoms with E-state index in [2.05, 4.69) is 4.98 Å². The van der Waals surface area contributed by atoms with Crippen LogP contribution in [0.1, 0.15) is 71.0 Å². The van der Waals surface area contributed by atoms with Gasteiger partial charge in [-0.1, -0.05) is 20.8 Å². The number of hydrogen-bond acceptors (Lipinski definition) is 9. The van der Waals surface area contributed by atoms with Crippen LogP contribution in [0.15, 0.2) is 11.2 Å². The molecule has 0 unspecified atom stereocenters. The highest BCUT2D eigenvalue weighted by Crippen LogP contribution is 2.44. The number of carbonyl (C=O) groups excluding carboxylic acids is 2. The fourth-order valence-corrected chi connectivity index (χ4v) is 5.19. The summed E-state index contributed by atoms with van der Waals surface area (Å²) >= 11 is 1.38. The first-order valence-corrected chi connectivity index (χ1v) is 13.3. The zero-order chi connectivity index (χ0) is 26.8. The summed E-state index contributed by atoms with van der Waals surface area (Å²) in [5.41, 5.74) is -1.51. The van der Waals surface area contributed by atoms with Gasteiger partial charge in [0.2, 0.25) is 0 Å². The predicted molar refractivity (Wildman–Crippen MR) is 133 cm³/mol. The van der Waals surface area contributed by atoms with E-state index in [1.165, 1.54) is 31.3 Å². The first kappa shape index (κ1) is 28.8. The Kier molecular flexibility index (Phi) is 9.09. The number of Topliss-reactive ketones (excluding diaryl/α,β-unsaturated/α-hetero) is 1. The van der Waals surface area contributed by atoms with Gasteiger partial charge in [0.15, 0.2) is 6.10 Å². The highest BCUT2D eigenvalue weighted by atomic mass is 32.1. The number of esters is 1. The van der Waals surface area contributed by atoms with Gasteiger partial charge in [-0.15, -0.1) is 11.3 Å². The quantitative estimate of drug-likeness (QED) is 0.451. The Bertz CT molecular complexity index is 979. The predicted octanol–water partition coefficient (Wildman–Crippen LogP) is 3.76. The van der Waals surface area contributed by atoms with Crippen LogP contribution in [-0.2, 0) is 23.8 Å². The Balaban J connectivity index is 1.87. The number of ketones is 1. The van der Waals surface area contributed by atoms with E-state index in [-0.39, 0.29) is 24.9 Å². The van der Waals surface area contributed by atoms with Gasteiger partial charge in [-0.3, -0.25) is 9.59 Å². The lowest BCUT2D eigenvalue weighted by molar-refractivity contribution is -0.156. The summed E-state index contributed by atoms with van der Waals surface area (Å²) in [6.07, 6.45) is -3.03. The molecule has 2 saturated heterocycles. The molecule has 36 heavy (non-hydrogen) atoms. The molecule has 0 radical (unpaired) electrons. The average Bonchev–Trinajstić information content (AvgIpc) is 3.24. The van der Waals surface area contributed by atoms with Crippen LogP contribution in [0.4, 0.5) is 4.39 Å². The molecule has 10 heteroatoms. The van der Waals surface area contributed by atoms with Crippen LogP contribution in [0.5, 0.6) is 0 Å². The minimum absolute atomic E-state index is 0.0855. The molecule has 0 aliphatic carbocycles. The smallest absolute Gasteiger partial charge is 0.309 e. The van der Waals surface area contributed by atoms with Crippen molar-refractivity contribution in [2.24, 2.45) is 11.3 Å². The van der Waals surface area contributed by atoms with Crippen LogP contribution in [0.25, 0.3) is 6.08 Å². The maximum Gasteiger partial charge on any atom is 0.309 e. The largest absolute Gasteiger partial charge is 0.455 e. The number of aromatic nitrogens is 1. The number of halogens is 1. The molecule has 3 heterocycles. The van der Waals surface area contributed by atoms with E-state index < -0.39 is 59.6 Å². The number of fused-ring (bicyclic) bond motifs is 1. The van der Waals surface area contributed by atoms with Gasteiger partial charge in [-0.25, -0.2) is 9.37 Å². The number of ether oxygens (including phenoxy) is 3. The Morgan fingerprint density at radius 3 is 2.61 bits per heavy atom. The van der Waals surface area contributed by atoms with Crippen molar-refractivity contribution in [1.82, 2.24) is 4.98 Å². The van der Waals surface area contributed by atoms with Crippen molar-refractivity contribution in [3.8, 4) is 0 Å². The molecule has 3 rings (SSSR count). The van der Waals surface area contributed by atoms with Crippen molar-refractivity contribution in [3.05, 3.63) is 21.9 Å². The van der Waals surface area contributed by atoms with Gasteiger partial charge in [0, 0.05) is 30.7 Å². The van der Waals surface area contributed by atoms with Gasteiger partial charge in [0.25, 0.3) is 0 Å². The molecule has 202 valence electrons. The Hall–Kier alpha value is -1.72. The zero-order valence-corrected chi connectivity index (χ0v) is 22.6. The summed E-state index contributed by atoms with van der Waals surface area (Å²) in [4.78, 5) is 30.4. The molecule has 2 fully saturated rings. The summed E-state index contributed by atoms with van der Waals surface area (Å²) < 4.78 is 32.5. The standard InChI is InChI=1S/C26H38FNO7S/c1-7-17-23(31)14(2)33-9-8-26(6)21(35-26)11-19(18(27)10-16-13-36-15(3)28-16)34-22(30)12-20(29)25(4,5)24(17)32/h10,13-14,17,19-21,23,29,31H,7-9,11-12H2,1-6H3/t14-,17-,19+,20+,21+,23-,26-/m1/s1. The van der Waals surface area contributed by atoms with Gasteiger partial charge in [0.05, 0.1) is 52.6 Å². The van der Waals surface area contributed by atoms with E-state index in [0.29, 0.717) is 18.5 Å². The fourth-order valence-electron chi connectivity index (χ4n) is 4.62. The molecule has 0 spiro atoms. The maximum absolute atomic E-state index is 15.3. The van der Waals surface area contributed by atoms with E-state index in [9.17, 15) is 19.8 Å². The van der Waals surface area contributed by atoms with Crippen molar-refractivity contribution in [1.29, 1.82) is 0 Å². The van der Waals surface area contributed by atoms with Gasteiger partial charge in [-0.2, -0.15) is 0 Å². The number of nitrogens with zero attached hydrogens (tertiary/aromatic N) is 1. The molecule has 1 aromatic rings. The van der Waals surface area contributed by atoms with Crippen LogP contribution >= 0.6 is 11.3 Å². The van der Waals surface area contributed by atoms with E-state index in [1.54, 1.807) is 19.2 Å². The minimum atomic E-state index is -1.39. The number of rotatable bonds is 3. The number of carbonyl (C=O) groups is 2. The van der Waals surface area contributed by atoms with Gasteiger partial charge in [-0.05, 0) is 33.3 Å². The van der Waals surface area contributed by atoms with Crippen molar-refractivity contribution in [3.63, 3.8) is 0 Å². The lowest BCUT2D eigenvalue weighted by Gasteiger charge is -2.35. The number of aryl methyl sites for hydroxylation is 1. The molecule has 0 aromatic carbocycles. The summed E-state index contributed by atoms with van der Waals surface area (Å²) in [6, 6.07) is 0. The van der Waals surface area contributed by atoms with Crippen molar-refractivity contribution < 1.29 is 38.4 Å². The lowest BCUT2D eigenvalue weighted by atomic mass is 9.73. The molecule has 2 N–H and O–H groups in total. The first-order valence-electron chi connectivity index (χ1n) is 12.5. The summed E-state index contributed by atoms with van der Waals surface area (Å²) in [6.45, 7) is 10.5. The first-order chi connectivity index (χ1) is 16.8. The van der Waals surface area contributed by atoms with Crippen LogP contribution in [0.2, 0.25) is 0 Å². The molecule has 8 nitrogen and oxygen atoms in total. The summed E-state index contributed by atoms with van der Waals surface area (Å²) in [5, 5.41) is 24.2. The van der Waals surface area contributed by atoms with Crippen molar-refractivity contribution in [2.45, 2.75) is 103 Å². The summed E-state index contributed by atoms with van der Waals surface area (Å²) in [7, 11) is 0. The second-order valence-electron chi connectivity index (χ2n) is 10.6. The van der Waals surface area contributed by atoms with E-state index in [4.69, 9.17) is 14.2 Å². The normalized spacial score (nSPS) is 36.8.